The lowest BCUT2D eigenvalue weighted by atomic mass is 9.83. The molecule has 1 aliphatic rings. The van der Waals surface area contributed by atoms with Gasteiger partial charge in [-0.15, -0.1) is 0 Å². The molecule has 0 heterocycles. The van der Waals surface area contributed by atoms with Crippen molar-refractivity contribution in [1.82, 2.24) is 0 Å². The summed E-state index contributed by atoms with van der Waals surface area (Å²) in [6.45, 7) is 3.54. The Balaban J connectivity index is 1.70. The van der Waals surface area contributed by atoms with Crippen LogP contribution < -0.4 is 4.74 Å². The quantitative estimate of drug-likeness (QED) is 0.359. The Bertz CT molecular complexity index is 417. The molecule has 22 heavy (non-hydrogen) atoms. The van der Waals surface area contributed by atoms with E-state index in [1.54, 1.807) is 0 Å². The van der Waals surface area contributed by atoms with E-state index in [2.05, 4.69) is 24.3 Å². The summed E-state index contributed by atoms with van der Waals surface area (Å²) in [5.41, 5.74) is 1.43. The Hall–Kier alpha value is -0.223. The van der Waals surface area contributed by atoms with Gasteiger partial charge >= 0.3 is 0 Å². The first-order chi connectivity index (χ1) is 10.7. The lowest BCUT2D eigenvalue weighted by molar-refractivity contribution is 0.0251. The molecular formula is C17H26Cl2O2Si. The average Bonchev–Trinajstić information content (AvgIpc) is 2.53. The molecule has 0 atom stereocenters. The molecule has 0 aliphatic heterocycles. The van der Waals surface area contributed by atoms with Crippen molar-refractivity contribution in [2.24, 2.45) is 0 Å². The topological polar surface area (TPSA) is 18.5 Å². The van der Waals surface area contributed by atoms with Crippen LogP contribution >= 0.6 is 22.2 Å². The number of benzene rings is 1. The molecule has 1 aliphatic carbocycles. The normalized spacial score (nSPS) is 22.0. The van der Waals surface area contributed by atoms with Gasteiger partial charge in [0, 0.05) is 6.61 Å². The van der Waals surface area contributed by atoms with E-state index in [1.807, 2.05) is 6.92 Å². The second-order valence-corrected chi connectivity index (χ2v) is 11.1. The van der Waals surface area contributed by atoms with Crippen LogP contribution in [0.4, 0.5) is 0 Å². The predicted octanol–water partition coefficient (Wildman–Crippen LogP) is 5.22. The molecule has 0 saturated heterocycles. The van der Waals surface area contributed by atoms with Crippen molar-refractivity contribution in [3.05, 3.63) is 29.8 Å². The lowest BCUT2D eigenvalue weighted by Crippen LogP contribution is -2.21. The second kappa shape index (κ2) is 9.81. The Morgan fingerprint density at radius 1 is 1.09 bits per heavy atom. The van der Waals surface area contributed by atoms with Gasteiger partial charge in [-0.05, 0) is 68.7 Å². The molecule has 1 fully saturated rings. The highest BCUT2D eigenvalue weighted by molar-refractivity contribution is 7.33. The SMILES string of the molecule is CCOc1ccc([C@H]2CC[C@H](OCCC[SiH](Cl)Cl)CC2)cc1. The van der Waals surface area contributed by atoms with Crippen LogP contribution in [0.2, 0.25) is 6.04 Å². The summed E-state index contributed by atoms with van der Waals surface area (Å²) in [4.78, 5) is 0. The fraction of sp³-hybridized carbons (Fsp3) is 0.647. The molecule has 124 valence electrons. The first-order valence-electron chi connectivity index (χ1n) is 8.31. The molecule has 0 unspecified atom stereocenters. The average molecular weight is 361 g/mol. The number of rotatable bonds is 8. The van der Waals surface area contributed by atoms with Gasteiger partial charge in [0.25, 0.3) is 0 Å². The van der Waals surface area contributed by atoms with E-state index in [0.717, 1.165) is 44.3 Å². The third-order valence-corrected chi connectivity index (χ3v) is 6.41. The van der Waals surface area contributed by atoms with Crippen molar-refractivity contribution in [1.29, 1.82) is 0 Å². The van der Waals surface area contributed by atoms with Crippen molar-refractivity contribution < 1.29 is 9.47 Å². The van der Waals surface area contributed by atoms with E-state index in [9.17, 15) is 0 Å². The minimum absolute atomic E-state index is 0.421. The fourth-order valence-electron chi connectivity index (χ4n) is 3.05. The van der Waals surface area contributed by atoms with Gasteiger partial charge in [0.05, 0.1) is 12.7 Å². The largest absolute Gasteiger partial charge is 0.494 e. The van der Waals surface area contributed by atoms with Gasteiger partial charge in [-0.2, -0.15) is 22.2 Å². The van der Waals surface area contributed by atoms with Crippen LogP contribution in [0.1, 0.15) is 50.5 Å². The van der Waals surface area contributed by atoms with Gasteiger partial charge in [-0.25, -0.2) is 0 Å². The van der Waals surface area contributed by atoms with Crippen LogP contribution in [0.5, 0.6) is 5.75 Å². The van der Waals surface area contributed by atoms with Crippen molar-refractivity contribution in [2.75, 3.05) is 13.2 Å². The summed E-state index contributed by atoms with van der Waals surface area (Å²) in [6.07, 6.45) is 6.15. The summed E-state index contributed by atoms with van der Waals surface area (Å²) in [5, 5.41) is 0. The van der Waals surface area contributed by atoms with Crippen LogP contribution in [0, 0.1) is 0 Å². The minimum atomic E-state index is -1.45. The van der Waals surface area contributed by atoms with E-state index in [4.69, 9.17) is 31.6 Å². The molecule has 2 nitrogen and oxygen atoms in total. The van der Waals surface area contributed by atoms with E-state index >= 15 is 0 Å². The molecule has 0 amide bonds. The Kier molecular flexibility index (Phi) is 8.08. The molecule has 1 aromatic rings. The van der Waals surface area contributed by atoms with Crippen LogP contribution in [0.25, 0.3) is 0 Å². The van der Waals surface area contributed by atoms with Gasteiger partial charge in [0.2, 0.25) is 7.42 Å². The molecule has 0 bridgehead atoms. The van der Waals surface area contributed by atoms with E-state index in [1.165, 1.54) is 18.4 Å². The highest BCUT2D eigenvalue weighted by atomic mass is 35.7. The fourth-order valence-corrected chi connectivity index (χ4v) is 4.45. The van der Waals surface area contributed by atoms with Crippen LogP contribution in [0.3, 0.4) is 0 Å². The molecule has 0 radical (unpaired) electrons. The first-order valence-corrected chi connectivity index (χ1v) is 12.6. The molecular weight excluding hydrogens is 335 g/mol. The molecule has 0 N–H and O–H groups in total. The third kappa shape index (κ3) is 6.11. The predicted molar refractivity (Wildman–Crippen MR) is 96.8 cm³/mol. The first kappa shape index (κ1) is 18.1. The van der Waals surface area contributed by atoms with Gasteiger partial charge < -0.3 is 9.47 Å². The highest BCUT2D eigenvalue weighted by Crippen LogP contribution is 2.34. The molecule has 5 heteroatoms. The van der Waals surface area contributed by atoms with Gasteiger partial charge in [0.15, 0.2) is 0 Å². The standard InChI is InChI=1S/C17H26Cl2O2Si/c1-2-20-16-8-4-14(5-9-16)15-6-10-17(11-7-15)21-12-3-13-22(18)19/h4-5,8-9,15,17,22H,2-3,6-7,10-13H2,1H3/t15-,17-. The Labute approximate surface area is 145 Å². The number of ether oxygens (including phenoxy) is 2. The second-order valence-electron chi connectivity index (χ2n) is 5.88. The molecule has 1 aromatic carbocycles. The maximum absolute atomic E-state index is 5.95. The third-order valence-electron chi connectivity index (χ3n) is 4.26. The van der Waals surface area contributed by atoms with Gasteiger partial charge in [-0.3, -0.25) is 0 Å². The van der Waals surface area contributed by atoms with Crippen molar-refractivity contribution in [3.8, 4) is 5.75 Å². The number of hydrogen-bond donors (Lipinski definition) is 0. The van der Waals surface area contributed by atoms with Gasteiger partial charge in [-0.1, -0.05) is 12.1 Å². The summed E-state index contributed by atoms with van der Waals surface area (Å²) in [7, 11) is -1.45. The maximum atomic E-state index is 5.95. The van der Waals surface area contributed by atoms with Crippen molar-refractivity contribution >= 4 is 29.6 Å². The lowest BCUT2D eigenvalue weighted by Gasteiger charge is -2.29. The molecule has 0 aromatic heterocycles. The smallest absolute Gasteiger partial charge is 0.237 e. The number of halogens is 2. The maximum Gasteiger partial charge on any atom is 0.237 e. The zero-order chi connectivity index (χ0) is 15.8. The monoisotopic (exact) mass is 360 g/mol. The summed E-state index contributed by atoms with van der Waals surface area (Å²) in [5.74, 6) is 1.63. The minimum Gasteiger partial charge on any atom is -0.494 e. The molecule has 2 rings (SSSR count). The van der Waals surface area contributed by atoms with Crippen LogP contribution in [-0.4, -0.2) is 26.7 Å². The van der Waals surface area contributed by atoms with Crippen LogP contribution in [-0.2, 0) is 4.74 Å². The van der Waals surface area contributed by atoms with Crippen molar-refractivity contribution in [3.63, 3.8) is 0 Å². The highest BCUT2D eigenvalue weighted by Gasteiger charge is 2.22. The van der Waals surface area contributed by atoms with E-state index in [0.29, 0.717) is 12.0 Å². The Morgan fingerprint density at radius 2 is 1.77 bits per heavy atom. The number of hydrogen-bond acceptors (Lipinski definition) is 2. The zero-order valence-electron chi connectivity index (χ0n) is 13.3. The molecule has 0 spiro atoms. The zero-order valence-corrected chi connectivity index (χ0v) is 15.9. The molecule has 1 saturated carbocycles. The Morgan fingerprint density at radius 3 is 2.36 bits per heavy atom. The van der Waals surface area contributed by atoms with Crippen molar-refractivity contribution in [2.45, 2.75) is 57.1 Å². The summed E-state index contributed by atoms with van der Waals surface area (Å²) < 4.78 is 11.5. The van der Waals surface area contributed by atoms with E-state index < -0.39 is 7.42 Å². The summed E-state index contributed by atoms with van der Waals surface area (Å²) in [6, 6.07) is 9.54. The van der Waals surface area contributed by atoms with E-state index in [-0.39, 0.29) is 0 Å². The summed E-state index contributed by atoms with van der Waals surface area (Å²) >= 11 is 11.7. The van der Waals surface area contributed by atoms with Gasteiger partial charge in [0.1, 0.15) is 5.75 Å². The van der Waals surface area contributed by atoms with Crippen LogP contribution in [0.15, 0.2) is 24.3 Å².